The van der Waals surface area contributed by atoms with Gasteiger partial charge >= 0.3 is 23.9 Å². The second-order valence-corrected chi connectivity index (χ2v) is 33.8. The topological polar surface area (TPSA) is 905 Å². The summed E-state index contributed by atoms with van der Waals surface area (Å²) < 4.78 is 0. The van der Waals surface area contributed by atoms with Crippen LogP contribution in [0.5, 0.6) is 11.5 Å². The lowest BCUT2D eigenvalue weighted by molar-refractivity contribution is -0.142. The van der Waals surface area contributed by atoms with Crippen LogP contribution in [-0.2, 0) is 118 Å². The molecule has 0 aliphatic carbocycles. The fourth-order valence-electron chi connectivity index (χ4n) is 13.3. The number of aromatic hydroxyl groups is 2. The van der Waals surface area contributed by atoms with Crippen molar-refractivity contribution in [1.29, 1.82) is 10.8 Å². The molecule has 2 rings (SSSR count). The van der Waals surface area contributed by atoms with Crippen LogP contribution < -0.4 is 125 Å². The van der Waals surface area contributed by atoms with Crippen molar-refractivity contribution in [3.8, 4) is 11.5 Å². The number of phenols is 2. The smallest absolute Gasteiger partial charge is 0.305 e. The number of aliphatic carboxylic acids is 4. The second-order valence-electron chi connectivity index (χ2n) is 33.8. The van der Waals surface area contributed by atoms with Crippen molar-refractivity contribution < 1.29 is 136 Å². The van der Waals surface area contributed by atoms with Gasteiger partial charge in [0.05, 0.1) is 32.4 Å². The number of phenolic OH excluding ortho intramolecular Hbond substituents is 2. The molecule has 53 heteroatoms. The molecule has 0 aromatic heterocycles. The third-order valence-corrected chi connectivity index (χ3v) is 20.1. The average Bonchev–Trinajstić information content (AvgIpc) is 0.821. The normalized spacial score (nSPS) is 14.1. The Kier molecular flexibility index (Phi) is 51.8. The standard InChI is InChI=1S/C84H131N25O28/c1-39(2)29-52(69(88)124)102-82(137)68(42(7)8)109-81(136)59(36-67(122)123)108-78(133)56(33-44-15-19-46(111)20-16-44)105-75(130)50(22-25-65(118)119)100-73(128)49(21-24-64(116)117)99-72(127)48(12-10-28-94-84(91)92)98-71(126)47(11-9-27-93-83(89)90)96-63(115)38-95-70(125)53(30-40(3)4)103-80(135)58(35-61(87)113)106-76(131)54(31-41(5)6)104-74(129)51(23-26-66(120)121)101-79(134)57(34-60(86)112)107-77(132)55(97-62(114)37-85)32-43-13-17-45(110)18-14-43/h13-20,39-42,47-59,68,110-111H,9-12,21-38,85H2,1-8H3,(H2,86,112)(H2,87,113)(H2,88,124)(H,95,125)(H,96,115)(H,97,114)(H,98,126)(H,99,127)(H,100,128)(H,101,134)(H,102,137)(H,103,135)(H,104,129)(H,105,130)(H,106,131)(H,107,132)(H,108,133)(H,109,136)(H,116,117)(H,118,119)(H,120,121)(H,122,123)(H4,89,90,93)(H4,91,92,94)/t47-,48-,49-,50-,51-,52-,53-,54-,55-,56-,57-,58-,59-,68-/m0/s1. The van der Waals surface area contributed by atoms with Crippen LogP contribution in [0.3, 0.4) is 0 Å². The molecule has 0 fully saturated rings. The number of carboxylic acids is 4. The summed E-state index contributed by atoms with van der Waals surface area (Å²) in [5.41, 5.74) is 33.6. The van der Waals surface area contributed by atoms with Crippen LogP contribution in [0.4, 0.5) is 0 Å². The van der Waals surface area contributed by atoms with Crippen LogP contribution in [0.25, 0.3) is 0 Å². The number of nitrogens with two attached hydrogens (primary N) is 6. The van der Waals surface area contributed by atoms with Gasteiger partial charge in [-0.3, -0.25) is 116 Å². The molecule has 0 saturated carbocycles. The van der Waals surface area contributed by atoms with E-state index < -0.39 is 328 Å². The van der Waals surface area contributed by atoms with Gasteiger partial charge in [0.15, 0.2) is 11.9 Å². The first kappa shape index (κ1) is 118. The fourth-order valence-corrected chi connectivity index (χ4v) is 13.3. The molecule has 137 heavy (non-hydrogen) atoms. The SMILES string of the molecule is CC(C)C[C@H](NC(=O)[C@@H](NC(=O)[C@H](CC(=O)O)NC(=O)[C@H](Cc1ccc(O)cc1)NC(=O)[C@H](CCC(=O)O)NC(=O)[C@H](CCC(=O)O)NC(=O)[C@H](CCCNC(=N)N)NC(=O)[C@H](CCCNC(=N)N)NC(=O)CNC(=O)[C@H](CC(C)C)NC(=O)[C@H](CC(N)=O)NC(=O)[C@H](CC(C)C)NC(=O)[C@H](CCC(=O)O)NC(=O)[C@H](CC(N)=O)NC(=O)[C@H](Cc1ccc(O)cc1)NC(=O)CN)C(C)C)C(N)=O. The van der Waals surface area contributed by atoms with Crippen molar-refractivity contribution >= 4 is 142 Å². The van der Waals surface area contributed by atoms with Crippen molar-refractivity contribution in [3.63, 3.8) is 0 Å². The average molecular weight is 1940 g/mol. The summed E-state index contributed by atoms with van der Waals surface area (Å²) in [7, 11) is 0. The summed E-state index contributed by atoms with van der Waals surface area (Å²) in [5, 5.41) is 115. The number of primary amides is 3. The van der Waals surface area contributed by atoms with Gasteiger partial charge in [0.25, 0.3) is 0 Å². The van der Waals surface area contributed by atoms with Gasteiger partial charge in [-0.1, -0.05) is 79.7 Å². The number of carbonyl (C=O) groups excluding carboxylic acids is 18. The zero-order valence-corrected chi connectivity index (χ0v) is 77.2. The van der Waals surface area contributed by atoms with E-state index in [2.05, 4.69) is 90.4 Å². The Hall–Kier alpha value is -15.1. The van der Waals surface area contributed by atoms with Crippen LogP contribution in [-0.4, -0.2) is 284 Å². The highest BCUT2D eigenvalue weighted by Crippen LogP contribution is 2.19. The molecule has 0 radical (unpaired) electrons. The van der Waals surface area contributed by atoms with Crippen LogP contribution >= 0.6 is 0 Å². The first-order valence-electron chi connectivity index (χ1n) is 43.7. The largest absolute Gasteiger partial charge is 0.508 e. The summed E-state index contributed by atoms with van der Waals surface area (Å²) >= 11 is 0. The Morgan fingerprint density at radius 3 is 0.912 bits per heavy atom. The molecular formula is C84H131N25O28. The summed E-state index contributed by atoms with van der Waals surface area (Å²) in [4.78, 5) is 298. The molecule has 53 nitrogen and oxygen atoms in total. The number of guanidine groups is 2. The number of hydrogen-bond acceptors (Lipinski definition) is 27. The molecule has 0 saturated heterocycles. The maximum absolute atomic E-state index is 14.7. The molecular weight excluding hydrogens is 1810 g/mol. The summed E-state index contributed by atoms with van der Waals surface area (Å²) in [6.07, 6.45) is -10.3. The number of benzene rings is 2. The number of amides is 18. The highest BCUT2D eigenvalue weighted by atomic mass is 16.4. The van der Waals surface area contributed by atoms with E-state index in [1.54, 1.807) is 41.5 Å². The van der Waals surface area contributed by atoms with Gasteiger partial charge in [-0.15, -0.1) is 0 Å². The van der Waals surface area contributed by atoms with E-state index in [4.69, 9.17) is 45.2 Å². The molecule has 0 bridgehead atoms. The van der Waals surface area contributed by atoms with E-state index in [0.29, 0.717) is 5.56 Å². The van der Waals surface area contributed by atoms with Crippen LogP contribution in [0.2, 0.25) is 0 Å². The number of carbonyl (C=O) groups is 22. The Labute approximate surface area is 787 Å². The Morgan fingerprint density at radius 1 is 0.307 bits per heavy atom. The maximum Gasteiger partial charge on any atom is 0.305 e. The van der Waals surface area contributed by atoms with Crippen molar-refractivity contribution in [2.45, 2.75) is 256 Å². The summed E-state index contributed by atoms with van der Waals surface area (Å²) in [6.45, 7) is 11.0. The quantitative estimate of drug-likeness (QED) is 0.0166. The number of carboxylic acid groups (broad SMARTS) is 4. The monoisotopic (exact) mass is 1940 g/mol. The molecule has 0 heterocycles. The lowest BCUT2D eigenvalue weighted by atomic mass is 9.99. The second kappa shape index (κ2) is 60.2. The zero-order valence-electron chi connectivity index (χ0n) is 77.2. The lowest BCUT2D eigenvalue weighted by Gasteiger charge is -2.28. The molecule has 0 spiro atoms. The summed E-state index contributed by atoms with van der Waals surface area (Å²) in [5.74, 6) is -30.7. The highest BCUT2D eigenvalue weighted by Gasteiger charge is 2.40. The van der Waals surface area contributed by atoms with Gasteiger partial charge < -0.3 is 155 Å². The van der Waals surface area contributed by atoms with E-state index in [9.17, 15) is 136 Å². The van der Waals surface area contributed by atoms with E-state index in [0.717, 1.165) is 0 Å². The van der Waals surface area contributed by atoms with Crippen molar-refractivity contribution in [2.24, 2.45) is 58.1 Å². The summed E-state index contributed by atoms with van der Waals surface area (Å²) in [6, 6.07) is -14.4. The fraction of sp³-hybridized carbons (Fsp3) is 0.571. The van der Waals surface area contributed by atoms with Crippen LogP contribution in [0, 0.1) is 34.5 Å². The first-order chi connectivity index (χ1) is 64.1. The third kappa shape index (κ3) is 47.9. The molecule has 14 atom stereocenters. The first-order valence-corrected chi connectivity index (χ1v) is 43.7. The molecule has 0 aliphatic rings. The molecule has 0 aliphatic heterocycles. The highest BCUT2D eigenvalue weighted by molar-refractivity contribution is 6.02. The minimum Gasteiger partial charge on any atom is -0.508 e. The van der Waals surface area contributed by atoms with Crippen molar-refractivity contribution in [2.75, 3.05) is 26.2 Å². The number of hydrogen-bond donors (Lipinski definition) is 31. The molecule has 2 aromatic rings. The van der Waals surface area contributed by atoms with E-state index in [1.807, 2.05) is 0 Å². The van der Waals surface area contributed by atoms with Crippen molar-refractivity contribution in [3.05, 3.63) is 59.7 Å². The van der Waals surface area contributed by atoms with Crippen LogP contribution in [0.1, 0.15) is 169 Å². The van der Waals surface area contributed by atoms with Crippen molar-refractivity contribution in [1.82, 2.24) is 90.4 Å². The van der Waals surface area contributed by atoms with E-state index >= 15 is 0 Å². The third-order valence-electron chi connectivity index (χ3n) is 20.1. The van der Waals surface area contributed by atoms with Gasteiger partial charge in [-0.2, -0.15) is 0 Å². The van der Waals surface area contributed by atoms with Crippen LogP contribution in [0.15, 0.2) is 48.5 Å². The van der Waals surface area contributed by atoms with E-state index in [-0.39, 0.29) is 81.0 Å². The Morgan fingerprint density at radius 2 is 0.584 bits per heavy atom. The maximum atomic E-state index is 14.7. The predicted molar refractivity (Wildman–Crippen MR) is 484 cm³/mol. The van der Waals surface area contributed by atoms with Gasteiger partial charge in [0.1, 0.15) is 96.1 Å². The van der Waals surface area contributed by atoms with Gasteiger partial charge in [-0.25, -0.2) is 0 Å². The molecule has 2 aromatic carbocycles. The Bertz CT molecular complexity index is 4580. The molecule has 18 amide bonds. The zero-order chi connectivity index (χ0) is 104. The number of nitrogens with one attached hydrogen (secondary N) is 19. The minimum atomic E-state index is -2.03. The molecule has 37 N–H and O–H groups in total. The number of rotatable bonds is 65. The molecule has 0 unspecified atom stereocenters. The van der Waals surface area contributed by atoms with Gasteiger partial charge in [0.2, 0.25) is 106 Å². The lowest BCUT2D eigenvalue weighted by Crippen LogP contribution is -2.61. The Balaban J connectivity index is 2.62. The van der Waals surface area contributed by atoms with Gasteiger partial charge in [-0.05, 0) is 123 Å². The minimum absolute atomic E-state index is 0.0901. The van der Waals surface area contributed by atoms with Gasteiger partial charge in [0, 0.05) is 45.2 Å². The predicted octanol–water partition coefficient (Wildman–Crippen LogP) is -8.63. The van der Waals surface area contributed by atoms with E-state index in [1.165, 1.54) is 62.4 Å². The molecule has 760 valence electrons.